The first-order chi connectivity index (χ1) is 13.9. The summed E-state index contributed by atoms with van der Waals surface area (Å²) in [5, 5.41) is 8.81. The second kappa shape index (κ2) is 9.87. The van der Waals surface area contributed by atoms with Gasteiger partial charge in [0.15, 0.2) is 0 Å². The number of nitrogens with one attached hydrogen (secondary N) is 2. The number of carbonyl (C=O) groups is 2. The van der Waals surface area contributed by atoms with Gasteiger partial charge in [0.1, 0.15) is 0 Å². The molecule has 2 amide bonds. The van der Waals surface area contributed by atoms with E-state index in [1.807, 2.05) is 30.5 Å². The molecule has 0 radical (unpaired) electrons. The van der Waals surface area contributed by atoms with Gasteiger partial charge in [-0.3, -0.25) is 9.59 Å². The zero-order valence-electron chi connectivity index (χ0n) is 17.4. The Kier molecular flexibility index (Phi) is 7.25. The normalized spacial score (nSPS) is 14.8. The Morgan fingerprint density at radius 2 is 1.93 bits per heavy atom. The molecular weight excluding hydrogens is 384 g/mol. The topological polar surface area (TPSA) is 74.3 Å². The van der Waals surface area contributed by atoms with Crippen LogP contribution in [0, 0.1) is 0 Å². The number of nitrogens with zero attached hydrogens (tertiary/aromatic N) is 2. The summed E-state index contributed by atoms with van der Waals surface area (Å²) in [7, 11) is 0. The molecule has 0 saturated carbocycles. The van der Waals surface area contributed by atoms with Crippen molar-refractivity contribution in [2.75, 3.05) is 23.3 Å². The van der Waals surface area contributed by atoms with E-state index in [1.54, 1.807) is 11.3 Å². The second-order valence-electron chi connectivity index (χ2n) is 7.97. The van der Waals surface area contributed by atoms with Gasteiger partial charge in [0.05, 0.1) is 17.1 Å². The standard InChI is InChI=1S/C22H30N4O2S/c1-15(2)22-25-18(14-29-22)13-21(28)23-16(3)11-20(27)24-17-7-6-8-19(12-17)26-9-4-5-10-26/h6-8,12,14-16H,4-5,9-11,13H2,1-3H3,(H,23,28)(H,24,27). The van der Waals surface area contributed by atoms with Crippen molar-refractivity contribution in [1.82, 2.24) is 10.3 Å². The molecule has 1 aromatic carbocycles. The highest BCUT2D eigenvalue weighted by molar-refractivity contribution is 7.09. The van der Waals surface area contributed by atoms with Crippen LogP contribution in [-0.2, 0) is 16.0 Å². The van der Waals surface area contributed by atoms with Crippen LogP contribution in [0.3, 0.4) is 0 Å². The maximum absolute atomic E-state index is 12.4. The highest BCUT2D eigenvalue weighted by Gasteiger charge is 2.16. The van der Waals surface area contributed by atoms with Gasteiger partial charge in [-0.15, -0.1) is 11.3 Å². The smallest absolute Gasteiger partial charge is 0.226 e. The number of aromatic nitrogens is 1. The summed E-state index contributed by atoms with van der Waals surface area (Å²) in [6, 6.07) is 7.71. The van der Waals surface area contributed by atoms with Crippen LogP contribution < -0.4 is 15.5 Å². The number of amides is 2. The molecule has 1 atom stereocenters. The predicted molar refractivity (Wildman–Crippen MR) is 119 cm³/mol. The van der Waals surface area contributed by atoms with E-state index >= 15 is 0 Å². The van der Waals surface area contributed by atoms with Crippen LogP contribution >= 0.6 is 11.3 Å². The van der Waals surface area contributed by atoms with Gasteiger partial charge in [-0.25, -0.2) is 4.98 Å². The first-order valence-corrected chi connectivity index (χ1v) is 11.2. The third kappa shape index (κ3) is 6.29. The van der Waals surface area contributed by atoms with Crippen LogP contribution in [0.25, 0.3) is 0 Å². The Morgan fingerprint density at radius 3 is 2.62 bits per heavy atom. The third-order valence-electron chi connectivity index (χ3n) is 4.91. The average Bonchev–Trinajstić information content (AvgIpc) is 3.33. The Labute approximate surface area is 176 Å². The second-order valence-corrected chi connectivity index (χ2v) is 8.86. The number of thiazole rings is 1. The average molecular weight is 415 g/mol. The van der Waals surface area contributed by atoms with Gasteiger partial charge in [0, 0.05) is 48.2 Å². The molecule has 3 rings (SSSR count). The van der Waals surface area contributed by atoms with E-state index < -0.39 is 0 Å². The summed E-state index contributed by atoms with van der Waals surface area (Å²) in [6.07, 6.45) is 2.90. The minimum atomic E-state index is -0.243. The summed E-state index contributed by atoms with van der Waals surface area (Å²) < 4.78 is 0. The van der Waals surface area contributed by atoms with Crippen LogP contribution in [0.15, 0.2) is 29.6 Å². The molecule has 6 nitrogen and oxygen atoms in total. The lowest BCUT2D eigenvalue weighted by atomic mass is 10.2. The molecule has 7 heteroatoms. The maximum atomic E-state index is 12.4. The van der Waals surface area contributed by atoms with Gasteiger partial charge >= 0.3 is 0 Å². The number of rotatable bonds is 8. The molecule has 1 saturated heterocycles. The van der Waals surface area contributed by atoms with E-state index in [-0.39, 0.29) is 30.7 Å². The molecular formula is C22H30N4O2S. The fraction of sp³-hybridized carbons (Fsp3) is 0.500. The maximum Gasteiger partial charge on any atom is 0.226 e. The van der Waals surface area contributed by atoms with Gasteiger partial charge < -0.3 is 15.5 Å². The van der Waals surface area contributed by atoms with Gasteiger partial charge in [0.25, 0.3) is 0 Å². The molecule has 1 fully saturated rings. The predicted octanol–water partition coefficient (Wildman–Crippen LogP) is 3.94. The van der Waals surface area contributed by atoms with Gasteiger partial charge in [-0.05, 0) is 38.0 Å². The first kappa shape index (κ1) is 21.3. The monoisotopic (exact) mass is 414 g/mol. The van der Waals surface area contributed by atoms with E-state index in [9.17, 15) is 9.59 Å². The van der Waals surface area contributed by atoms with E-state index in [4.69, 9.17) is 0 Å². The van der Waals surface area contributed by atoms with Crippen molar-refractivity contribution in [2.45, 2.75) is 58.4 Å². The number of hydrogen-bond donors (Lipinski definition) is 2. The highest BCUT2D eigenvalue weighted by Crippen LogP contribution is 2.23. The Balaban J connectivity index is 1.46. The van der Waals surface area contributed by atoms with Crippen LogP contribution in [0.2, 0.25) is 0 Å². The number of hydrogen-bond acceptors (Lipinski definition) is 5. The van der Waals surface area contributed by atoms with E-state index in [0.29, 0.717) is 5.92 Å². The Bertz CT molecular complexity index is 843. The lowest BCUT2D eigenvalue weighted by Crippen LogP contribution is -2.36. The van der Waals surface area contributed by atoms with Crippen molar-refractivity contribution in [2.24, 2.45) is 0 Å². The van der Waals surface area contributed by atoms with Gasteiger partial charge in [-0.2, -0.15) is 0 Å². The molecule has 156 valence electrons. The number of carbonyl (C=O) groups excluding carboxylic acids is 2. The van der Waals surface area contributed by atoms with Crippen molar-refractivity contribution >= 4 is 34.5 Å². The van der Waals surface area contributed by atoms with Gasteiger partial charge in [-0.1, -0.05) is 19.9 Å². The molecule has 1 aliphatic rings. The quantitative estimate of drug-likeness (QED) is 0.686. The molecule has 2 N–H and O–H groups in total. The zero-order chi connectivity index (χ0) is 20.8. The van der Waals surface area contributed by atoms with Crippen molar-refractivity contribution < 1.29 is 9.59 Å². The van der Waals surface area contributed by atoms with Crippen LogP contribution in [0.4, 0.5) is 11.4 Å². The number of benzene rings is 1. The van der Waals surface area contributed by atoms with Crippen molar-refractivity contribution in [3.63, 3.8) is 0 Å². The SMILES string of the molecule is CC(CC(=O)Nc1cccc(N2CCCC2)c1)NC(=O)Cc1csc(C(C)C)n1. The summed E-state index contributed by atoms with van der Waals surface area (Å²) in [5.74, 6) is 0.150. The summed E-state index contributed by atoms with van der Waals surface area (Å²) >= 11 is 1.58. The summed E-state index contributed by atoms with van der Waals surface area (Å²) in [6.45, 7) is 8.16. The van der Waals surface area contributed by atoms with Crippen LogP contribution in [-0.4, -0.2) is 35.9 Å². The first-order valence-electron chi connectivity index (χ1n) is 10.3. The molecule has 29 heavy (non-hydrogen) atoms. The molecule has 1 aromatic heterocycles. The lowest BCUT2D eigenvalue weighted by molar-refractivity contribution is -0.121. The lowest BCUT2D eigenvalue weighted by Gasteiger charge is -2.19. The van der Waals surface area contributed by atoms with E-state index in [0.717, 1.165) is 35.2 Å². The van der Waals surface area contributed by atoms with Crippen LogP contribution in [0.1, 0.15) is 56.7 Å². The summed E-state index contributed by atoms with van der Waals surface area (Å²) in [5.41, 5.74) is 2.72. The van der Waals surface area contributed by atoms with Crippen LogP contribution in [0.5, 0.6) is 0 Å². The molecule has 0 aliphatic carbocycles. The minimum absolute atomic E-state index is 0.105. The Hall–Kier alpha value is -2.41. The fourth-order valence-electron chi connectivity index (χ4n) is 3.46. The molecule has 1 aliphatic heterocycles. The van der Waals surface area contributed by atoms with E-state index in [2.05, 4.69) is 40.4 Å². The zero-order valence-corrected chi connectivity index (χ0v) is 18.2. The van der Waals surface area contributed by atoms with Crippen molar-refractivity contribution in [3.05, 3.63) is 40.3 Å². The van der Waals surface area contributed by atoms with E-state index in [1.165, 1.54) is 12.8 Å². The summed E-state index contributed by atoms with van der Waals surface area (Å²) in [4.78, 5) is 31.5. The molecule has 2 heterocycles. The van der Waals surface area contributed by atoms with Crippen molar-refractivity contribution in [3.8, 4) is 0 Å². The molecule has 2 aromatic rings. The molecule has 1 unspecified atom stereocenters. The van der Waals surface area contributed by atoms with Gasteiger partial charge in [0.2, 0.25) is 11.8 Å². The largest absolute Gasteiger partial charge is 0.371 e. The third-order valence-corrected chi connectivity index (χ3v) is 6.10. The fourth-order valence-corrected chi connectivity index (χ4v) is 4.29. The number of anilines is 2. The Morgan fingerprint density at radius 1 is 1.17 bits per heavy atom. The molecule has 0 bridgehead atoms. The molecule has 0 spiro atoms. The highest BCUT2D eigenvalue weighted by atomic mass is 32.1. The van der Waals surface area contributed by atoms with Crippen molar-refractivity contribution in [1.29, 1.82) is 0 Å². The minimum Gasteiger partial charge on any atom is -0.371 e.